The van der Waals surface area contributed by atoms with Crippen molar-refractivity contribution in [3.8, 4) is 0 Å². The zero-order chi connectivity index (χ0) is 14.2. The number of aryl methyl sites for hydroxylation is 1. The van der Waals surface area contributed by atoms with Crippen molar-refractivity contribution >= 4 is 77.2 Å². The molecule has 3 heterocycles. The molecule has 4 nitrogen and oxygen atoms in total. The molecule has 22 heavy (non-hydrogen) atoms. The van der Waals surface area contributed by atoms with Crippen LogP contribution in [0.3, 0.4) is 0 Å². The molecule has 0 radical (unpaired) electrons. The Morgan fingerprint density at radius 1 is 1.09 bits per heavy atom. The molecule has 3 rings (SSSR count). The van der Waals surface area contributed by atoms with Crippen molar-refractivity contribution in [2.24, 2.45) is 0 Å². The maximum Gasteiger partial charge on any atom is 0.250 e. The van der Waals surface area contributed by atoms with Gasteiger partial charge in [-0.3, -0.25) is 0 Å². The fourth-order valence-corrected chi connectivity index (χ4v) is 3.80. The largest absolute Gasteiger partial charge is 0.353 e. The molecule has 1 aromatic rings. The van der Waals surface area contributed by atoms with E-state index >= 15 is 0 Å². The number of anilines is 1. The predicted molar refractivity (Wildman–Crippen MR) is 99.9 cm³/mol. The molecule has 1 aromatic heterocycles. The first-order valence-electron chi connectivity index (χ1n) is 6.62. The summed E-state index contributed by atoms with van der Waals surface area (Å²) in [6.07, 6.45) is 2.03. The van der Waals surface area contributed by atoms with Gasteiger partial charge in [-0.1, -0.05) is 34.8 Å². The molecule has 0 aliphatic carbocycles. The molecule has 2 aliphatic heterocycles. The number of nitrogens with zero attached hydrogens (tertiary/aromatic N) is 3. The molecule has 1 fully saturated rings. The lowest BCUT2D eigenvalue weighted by molar-refractivity contribution is 0.578. The number of aromatic nitrogens is 2. The van der Waals surface area contributed by atoms with Crippen LogP contribution in [0.2, 0.25) is 0 Å². The second-order valence-electron chi connectivity index (χ2n) is 4.83. The fraction of sp³-hybridized carbons (Fsp3) is 0.667. The Balaban J connectivity index is 0.00000121. The first-order valence-corrected chi connectivity index (χ1v) is 8.74. The molecular formula is C12H17Cl5N4S. The number of piperazine rings is 1. The standard InChI is InChI=1S/C12H15Cl3N4S.2ClH/c13-12(14,15)11-17-8-2-1-7-20-9(8)10(18-11)19-5-3-16-4-6-19;;/h16H,1-7H2;2*1H. The van der Waals surface area contributed by atoms with Gasteiger partial charge in [0.05, 0.1) is 10.6 Å². The minimum atomic E-state index is -1.57. The lowest BCUT2D eigenvalue weighted by Gasteiger charge is -2.32. The zero-order valence-corrected chi connectivity index (χ0v) is 16.4. The van der Waals surface area contributed by atoms with Crippen molar-refractivity contribution in [1.29, 1.82) is 0 Å². The first kappa shape index (κ1) is 20.7. The van der Waals surface area contributed by atoms with Crippen LogP contribution in [0.4, 0.5) is 5.82 Å². The lowest BCUT2D eigenvalue weighted by atomic mass is 10.2. The van der Waals surface area contributed by atoms with E-state index in [-0.39, 0.29) is 30.6 Å². The molecule has 126 valence electrons. The average Bonchev–Trinajstić information content (AvgIpc) is 2.46. The highest BCUT2D eigenvalue weighted by molar-refractivity contribution is 7.99. The highest BCUT2D eigenvalue weighted by Gasteiger charge is 2.31. The molecule has 0 unspecified atom stereocenters. The number of alkyl halides is 3. The summed E-state index contributed by atoms with van der Waals surface area (Å²) >= 11 is 19.8. The topological polar surface area (TPSA) is 41.1 Å². The minimum absolute atomic E-state index is 0. The van der Waals surface area contributed by atoms with E-state index in [4.69, 9.17) is 34.8 Å². The van der Waals surface area contributed by atoms with Gasteiger partial charge in [-0.15, -0.1) is 36.6 Å². The van der Waals surface area contributed by atoms with Crippen LogP contribution in [-0.2, 0) is 10.2 Å². The van der Waals surface area contributed by atoms with E-state index in [2.05, 4.69) is 20.2 Å². The summed E-state index contributed by atoms with van der Waals surface area (Å²) in [4.78, 5) is 12.4. The van der Waals surface area contributed by atoms with E-state index in [0.717, 1.165) is 61.2 Å². The SMILES string of the molecule is Cl.Cl.ClC(Cl)(Cl)c1nc2c(c(N3CCNCC3)n1)SCCC2. The molecule has 0 saturated carbocycles. The van der Waals surface area contributed by atoms with Gasteiger partial charge in [0.1, 0.15) is 5.82 Å². The molecule has 1 saturated heterocycles. The third-order valence-electron chi connectivity index (χ3n) is 3.39. The van der Waals surface area contributed by atoms with Gasteiger partial charge in [0.2, 0.25) is 3.79 Å². The van der Waals surface area contributed by atoms with Crippen molar-refractivity contribution in [1.82, 2.24) is 15.3 Å². The summed E-state index contributed by atoms with van der Waals surface area (Å²) in [6, 6.07) is 0. The van der Waals surface area contributed by atoms with Crippen LogP contribution in [-0.4, -0.2) is 41.9 Å². The van der Waals surface area contributed by atoms with Gasteiger partial charge in [0.15, 0.2) is 5.82 Å². The number of nitrogens with one attached hydrogen (secondary N) is 1. The maximum absolute atomic E-state index is 5.98. The van der Waals surface area contributed by atoms with E-state index in [9.17, 15) is 0 Å². The maximum atomic E-state index is 5.98. The third-order valence-corrected chi connectivity index (χ3v) is 5.10. The van der Waals surface area contributed by atoms with Gasteiger partial charge >= 0.3 is 0 Å². The summed E-state index contributed by atoms with van der Waals surface area (Å²) < 4.78 is -1.57. The number of thioether (sulfide) groups is 1. The Morgan fingerprint density at radius 3 is 2.41 bits per heavy atom. The molecule has 0 spiro atoms. The third kappa shape index (κ3) is 4.59. The quantitative estimate of drug-likeness (QED) is 0.695. The van der Waals surface area contributed by atoms with Gasteiger partial charge in [-0.2, -0.15) is 0 Å². The van der Waals surface area contributed by atoms with Crippen molar-refractivity contribution in [2.45, 2.75) is 21.5 Å². The highest BCUT2D eigenvalue weighted by Crippen LogP contribution is 2.41. The van der Waals surface area contributed by atoms with Gasteiger partial charge in [0.25, 0.3) is 0 Å². The smallest absolute Gasteiger partial charge is 0.250 e. The Morgan fingerprint density at radius 2 is 1.77 bits per heavy atom. The second-order valence-corrected chi connectivity index (χ2v) is 8.22. The van der Waals surface area contributed by atoms with Gasteiger partial charge in [-0.05, 0) is 18.6 Å². The van der Waals surface area contributed by atoms with Crippen molar-refractivity contribution < 1.29 is 0 Å². The molecular weight excluding hydrogens is 409 g/mol. The Labute approximate surface area is 161 Å². The summed E-state index contributed by atoms with van der Waals surface area (Å²) in [7, 11) is 0. The number of halogens is 5. The van der Waals surface area contributed by atoms with Crippen molar-refractivity contribution in [3.63, 3.8) is 0 Å². The number of fused-ring (bicyclic) bond motifs is 1. The van der Waals surface area contributed by atoms with Crippen LogP contribution in [0.5, 0.6) is 0 Å². The van der Waals surface area contributed by atoms with Crippen LogP contribution in [0.15, 0.2) is 4.90 Å². The first-order chi connectivity index (χ1) is 9.55. The van der Waals surface area contributed by atoms with Crippen LogP contribution < -0.4 is 10.2 Å². The summed E-state index contributed by atoms with van der Waals surface area (Å²) in [5.74, 6) is 2.32. The average molecular weight is 427 g/mol. The molecule has 0 aromatic carbocycles. The number of hydrogen-bond acceptors (Lipinski definition) is 5. The summed E-state index contributed by atoms with van der Waals surface area (Å²) in [6.45, 7) is 3.74. The van der Waals surface area contributed by atoms with E-state index in [1.807, 2.05) is 11.8 Å². The fourth-order valence-electron chi connectivity index (χ4n) is 2.43. The second kappa shape index (κ2) is 8.65. The van der Waals surface area contributed by atoms with Crippen LogP contribution in [0, 0.1) is 0 Å². The zero-order valence-electron chi connectivity index (χ0n) is 11.7. The van der Waals surface area contributed by atoms with E-state index in [0.29, 0.717) is 0 Å². The predicted octanol–water partition coefficient (Wildman–Crippen LogP) is 3.59. The van der Waals surface area contributed by atoms with Crippen LogP contribution in [0.25, 0.3) is 0 Å². The van der Waals surface area contributed by atoms with Crippen LogP contribution >= 0.6 is 71.4 Å². The lowest BCUT2D eigenvalue weighted by Crippen LogP contribution is -2.44. The molecule has 10 heteroatoms. The highest BCUT2D eigenvalue weighted by atomic mass is 35.6. The normalized spacial score (nSPS) is 18.0. The van der Waals surface area contributed by atoms with Gasteiger partial charge < -0.3 is 10.2 Å². The molecule has 0 amide bonds. The van der Waals surface area contributed by atoms with E-state index in [1.54, 1.807) is 0 Å². The molecule has 0 atom stereocenters. The minimum Gasteiger partial charge on any atom is -0.353 e. The molecule has 1 N–H and O–H groups in total. The van der Waals surface area contributed by atoms with E-state index in [1.165, 1.54) is 0 Å². The number of hydrogen-bond donors (Lipinski definition) is 1. The van der Waals surface area contributed by atoms with Crippen LogP contribution in [0.1, 0.15) is 17.9 Å². The monoisotopic (exact) mass is 424 g/mol. The van der Waals surface area contributed by atoms with Gasteiger partial charge in [-0.25, -0.2) is 9.97 Å². The number of rotatable bonds is 1. The molecule has 0 bridgehead atoms. The Kier molecular flexibility index (Phi) is 8.14. The Bertz CT molecular complexity index is 505. The Hall–Kier alpha value is 0.640. The van der Waals surface area contributed by atoms with Crippen molar-refractivity contribution in [2.75, 3.05) is 36.8 Å². The van der Waals surface area contributed by atoms with E-state index < -0.39 is 3.79 Å². The summed E-state index contributed by atoms with van der Waals surface area (Å²) in [5.41, 5.74) is 1.02. The van der Waals surface area contributed by atoms with Gasteiger partial charge in [0, 0.05) is 26.2 Å². The summed E-state index contributed by atoms with van der Waals surface area (Å²) in [5, 5.41) is 3.34. The molecule has 2 aliphatic rings. The van der Waals surface area contributed by atoms with Crippen molar-refractivity contribution in [3.05, 3.63) is 11.5 Å².